The van der Waals surface area contributed by atoms with Crippen molar-refractivity contribution < 1.29 is 19.1 Å². The lowest BCUT2D eigenvalue weighted by Gasteiger charge is -2.17. The highest BCUT2D eigenvalue weighted by molar-refractivity contribution is 7.13. The smallest absolute Gasteiger partial charge is 0.326 e. The van der Waals surface area contributed by atoms with Crippen LogP contribution in [0.1, 0.15) is 39.8 Å². The van der Waals surface area contributed by atoms with Gasteiger partial charge in [-0.1, -0.05) is 26.0 Å². The number of aromatic nitrogens is 1. The van der Waals surface area contributed by atoms with Crippen LogP contribution in [-0.2, 0) is 11.2 Å². The zero-order valence-corrected chi connectivity index (χ0v) is 14.5. The molecule has 1 amide bonds. The highest BCUT2D eigenvalue weighted by Gasteiger charge is 2.26. The van der Waals surface area contributed by atoms with Gasteiger partial charge in [0.25, 0.3) is 5.91 Å². The van der Waals surface area contributed by atoms with Crippen molar-refractivity contribution in [2.24, 2.45) is 5.92 Å². The highest BCUT2D eigenvalue weighted by Crippen LogP contribution is 2.21. The van der Waals surface area contributed by atoms with Crippen molar-refractivity contribution in [3.05, 3.63) is 51.2 Å². The van der Waals surface area contributed by atoms with Crippen LogP contribution in [0.15, 0.2) is 24.3 Å². The average molecular weight is 350 g/mol. The first kappa shape index (κ1) is 18.1. The molecule has 2 aromatic rings. The summed E-state index contributed by atoms with van der Waals surface area (Å²) < 4.78 is 12.9. The van der Waals surface area contributed by atoms with Gasteiger partial charge < -0.3 is 10.4 Å². The van der Waals surface area contributed by atoms with Crippen LogP contribution in [0.3, 0.4) is 0 Å². The number of carboxylic acid groups (broad SMARTS) is 1. The van der Waals surface area contributed by atoms with Gasteiger partial charge in [0.2, 0.25) is 0 Å². The molecule has 0 unspecified atom stereocenters. The number of halogens is 1. The molecule has 1 heterocycles. The molecule has 2 rings (SSSR count). The molecule has 0 aliphatic rings. The van der Waals surface area contributed by atoms with Gasteiger partial charge in [-0.25, -0.2) is 14.2 Å². The predicted molar refractivity (Wildman–Crippen MR) is 89.8 cm³/mol. The van der Waals surface area contributed by atoms with Gasteiger partial charge in [0, 0.05) is 6.42 Å². The van der Waals surface area contributed by atoms with E-state index in [0.29, 0.717) is 17.0 Å². The van der Waals surface area contributed by atoms with Gasteiger partial charge in [0.1, 0.15) is 16.7 Å². The third-order valence-electron chi connectivity index (χ3n) is 3.54. The maximum atomic E-state index is 12.9. The molecular weight excluding hydrogens is 331 g/mol. The van der Waals surface area contributed by atoms with Crippen LogP contribution in [0.2, 0.25) is 0 Å². The molecule has 24 heavy (non-hydrogen) atoms. The molecule has 0 fully saturated rings. The second kappa shape index (κ2) is 7.53. The van der Waals surface area contributed by atoms with Crippen LogP contribution >= 0.6 is 11.3 Å². The molecule has 0 saturated heterocycles. The Bertz CT molecular complexity index is 741. The van der Waals surface area contributed by atoms with Crippen molar-refractivity contribution >= 4 is 23.2 Å². The first-order valence-electron chi connectivity index (χ1n) is 7.52. The number of thiazole rings is 1. The van der Waals surface area contributed by atoms with Crippen molar-refractivity contribution in [1.82, 2.24) is 10.3 Å². The van der Waals surface area contributed by atoms with E-state index in [1.165, 1.54) is 23.5 Å². The summed E-state index contributed by atoms with van der Waals surface area (Å²) in [6.45, 7) is 5.18. The number of carbonyl (C=O) groups excluding carboxylic acids is 1. The van der Waals surface area contributed by atoms with Crippen molar-refractivity contribution in [2.75, 3.05) is 0 Å². The number of amides is 1. The number of hydrogen-bond acceptors (Lipinski definition) is 4. The minimum absolute atomic E-state index is 0.224. The number of nitrogens with one attached hydrogen (secondary N) is 1. The fourth-order valence-electron chi connectivity index (χ4n) is 2.24. The van der Waals surface area contributed by atoms with Crippen LogP contribution in [0.4, 0.5) is 4.39 Å². The molecule has 1 atom stereocenters. The van der Waals surface area contributed by atoms with Gasteiger partial charge >= 0.3 is 5.97 Å². The van der Waals surface area contributed by atoms with Crippen LogP contribution in [0, 0.1) is 18.7 Å². The van der Waals surface area contributed by atoms with Crippen molar-refractivity contribution in [3.63, 3.8) is 0 Å². The summed E-state index contributed by atoms with van der Waals surface area (Å²) in [6, 6.07) is 5.16. The third kappa shape index (κ3) is 4.38. The molecule has 0 saturated carbocycles. The molecular formula is C17H19FN2O3S. The minimum atomic E-state index is -1.06. The minimum Gasteiger partial charge on any atom is -0.480 e. The van der Waals surface area contributed by atoms with E-state index in [2.05, 4.69) is 10.3 Å². The first-order valence-corrected chi connectivity index (χ1v) is 8.34. The number of carboxylic acids is 1. The van der Waals surface area contributed by atoms with Crippen molar-refractivity contribution in [1.29, 1.82) is 0 Å². The predicted octanol–water partition coefficient (Wildman–Crippen LogP) is 3.02. The van der Waals surface area contributed by atoms with E-state index in [1.54, 1.807) is 32.9 Å². The topological polar surface area (TPSA) is 79.3 Å². The van der Waals surface area contributed by atoms with Crippen LogP contribution in [-0.4, -0.2) is 28.0 Å². The number of aliphatic carboxylic acids is 1. The number of hydrogen-bond donors (Lipinski definition) is 2. The van der Waals surface area contributed by atoms with Gasteiger partial charge in [-0.15, -0.1) is 11.3 Å². The number of rotatable bonds is 6. The summed E-state index contributed by atoms with van der Waals surface area (Å²) in [5, 5.41) is 12.4. The second-order valence-electron chi connectivity index (χ2n) is 5.86. The van der Waals surface area contributed by atoms with E-state index in [4.69, 9.17) is 0 Å². The summed E-state index contributed by atoms with van der Waals surface area (Å²) in [5.41, 5.74) is 1.45. The maximum Gasteiger partial charge on any atom is 0.326 e. The Morgan fingerprint density at radius 3 is 2.46 bits per heavy atom. The van der Waals surface area contributed by atoms with Gasteiger partial charge in [0.05, 0.1) is 10.7 Å². The molecule has 0 bridgehead atoms. The fourth-order valence-corrected chi connectivity index (χ4v) is 3.24. The number of benzene rings is 1. The maximum absolute atomic E-state index is 12.9. The molecule has 0 aliphatic heterocycles. The Morgan fingerprint density at radius 2 is 1.92 bits per heavy atom. The lowest BCUT2D eigenvalue weighted by atomic mass is 10.0. The van der Waals surface area contributed by atoms with E-state index in [0.717, 1.165) is 10.6 Å². The molecule has 0 spiro atoms. The zero-order chi connectivity index (χ0) is 17.9. The summed E-state index contributed by atoms with van der Waals surface area (Å²) in [5.74, 6) is -2.02. The SMILES string of the molecule is Cc1nc(Cc2ccc(F)cc2)sc1C(=O)N[C@H](C(=O)O)C(C)C. The highest BCUT2D eigenvalue weighted by atomic mass is 32.1. The Morgan fingerprint density at radius 1 is 1.29 bits per heavy atom. The van der Waals surface area contributed by atoms with Gasteiger partial charge in [0.15, 0.2) is 0 Å². The fraction of sp³-hybridized carbons (Fsp3) is 0.353. The van der Waals surface area contributed by atoms with Gasteiger partial charge in [-0.3, -0.25) is 4.79 Å². The second-order valence-corrected chi connectivity index (χ2v) is 6.94. The van der Waals surface area contributed by atoms with E-state index >= 15 is 0 Å². The molecule has 1 aromatic heterocycles. The standard InChI is InChI=1S/C17H19FN2O3S/c1-9(2)14(17(22)23)20-16(21)15-10(3)19-13(24-15)8-11-4-6-12(18)7-5-11/h4-7,9,14H,8H2,1-3H3,(H,20,21)(H,22,23)/t14-/m0/s1. The Balaban J connectivity index is 2.14. The molecule has 5 nitrogen and oxygen atoms in total. The summed E-state index contributed by atoms with van der Waals surface area (Å²) in [6.07, 6.45) is 0.492. The zero-order valence-electron chi connectivity index (χ0n) is 13.7. The molecule has 0 radical (unpaired) electrons. The summed E-state index contributed by atoms with van der Waals surface area (Å²) in [7, 11) is 0. The van der Waals surface area contributed by atoms with Crippen molar-refractivity contribution in [2.45, 2.75) is 33.2 Å². The van der Waals surface area contributed by atoms with Crippen LogP contribution in [0.25, 0.3) is 0 Å². The molecule has 2 N–H and O–H groups in total. The quantitative estimate of drug-likeness (QED) is 0.839. The largest absolute Gasteiger partial charge is 0.480 e. The molecule has 0 aliphatic carbocycles. The molecule has 1 aromatic carbocycles. The Labute approximate surface area is 143 Å². The number of aryl methyl sites for hydroxylation is 1. The van der Waals surface area contributed by atoms with Gasteiger partial charge in [-0.05, 0) is 30.5 Å². The number of carbonyl (C=O) groups is 2. The first-order chi connectivity index (χ1) is 11.3. The molecule has 128 valence electrons. The lowest BCUT2D eigenvalue weighted by Crippen LogP contribution is -2.44. The summed E-state index contributed by atoms with van der Waals surface area (Å²) in [4.78, 5) is 28.3. The monoisotopic (exact) mass is 350 g/mol. The van der Waals surface area contributed by atoms with Crippen LogP contribution in [0.5, 0.6) is 0 Å². The Hall–Kier alpha value is -2.28. The Kier molecular flexibility index (Phi) is 5.66. The normalized spacial score (nSPS) is 12.2. The number of nitrogens with zero attached hydrogens (tertiary/aromatic N) is 1. The lowest BCUT2D eigenvalue weighted by molar-refractivity contribution is -0.140. The van der Waals surface area contributed by atoms with E-state index in [1.807, 2.05) is 0 Å². The third-order valence-corrected chi connectivity index (χ3v) is 4.69. The van der Waals surface area contributed by atoms with Crippen molar-refractivity contribution in [3.8, 4) is 0 Å². The van der Waals surface area contributed by atoms with Crippen LogP contribution < -0.4 is 5.32 Å². The van der Waals surface area contributed by atoms with E-state index in [9.17, 15) is 19.1 Å². The molecule has 7 heteroatoms. The van der Waals surface area contributed by atoms with E-state index in [-0.39, 0.29) is 11.7 Å². The van der Waals surface area contributed by atoms with E-state index < -0.39 is 17.9 Å². The summed E-state index contributed by atoms with van der Waals surface area (Å²) >= 11 is 1.22. The van der Waals surface area contributed by atoms with Gasteiger partial charge in [-0.2, -0.15) is 0 Å². The average Bonchev–Trinajstić information content (AvgIpc) is 2.87.